The first-order valence-electron chi connectivity index (χ1n) is 3.66. The van der Waals surface area contributed by atoms with Crippen molar-refractivity contribution in [1.82, 2.24) is 5.32 Å². The lowest BCUT2D eigenvalue weighted by molar-refractivity contribution is 0.0729. The van der Waals surface area contributed by atoms with Gasteiger partial charge in [-0.05, 0) is 13.3 Å². The molecule has 1 N–H and O–H groups in total. The minimum absolute atomic E-state index is 0.109. The Balaban J connectivity index is 2.41. The monoisotopic (exact) mass is 159 g/mol. The molecule has 1 rings (SSSR count). The van der Waals surface area contributed by atoms with E-state index >= 15 is 0 Å². The summed E-state index contributed by atoms with van der Waals surface area (Å²) >= 11 is 5.04. The molecule has 1 heterocycles. The summed E-state index contributed by atoms with van der Waals surface area (Å²) in [6.07, 6.45) is 1.19. The molecule has 58 valence electrons. The van der Waals surface area contributed by atoms with Gasteiger partial charge in [-0.3, -0.25) is 0 Å². The van der Waals surface area contributed by atoms with Gasteiger partial charge in [0, 0.05) is 6.04 Å². The minimum atomic E-state index is 0.109. The van der Waals surface area contributed by atoms with Gasteiger partial charge < -0.3 is 10.1 Å². The molecule has 2 atom stereocenters. The molecule has 1 aliphatic rings. The molecule has 1 aliphatic heterocycles. The molecule has 0 saturated carbocycles. The van der Waals surface area contributed by atoms with Gasteiger partial charge in [0.2, 0.25) is 0 Å². The van der Waals surface area contributed by atoms with E-state index in [1.807, 2.05) is 6.92 Å². The van der Waals surface area contributed by atoms with Crippen molar-refractivity contribution in [2.24, 2.45) is 0 Å². The molecule has 0 aromatic rings. The summed E-state index contributed by atoms with van der Waals surface area (Å²) in [5, 5.41) is 3.22. The molecule has 2 unspecified atom stereocenters. The Morgan fingerprint density at radius 3 is 3.00 bits per heavy atom. The first-order valence-corrected chi connectivity index (χ1v) is 4.07. The van der Waals surface area contributed by atoms with Gasteiger partial charge in [0.05, 0.1) is 6.61 Å². The van der Waals surface area contributed by atoms with E-state index in [2.05, 4.69) is 12.2 Å². The standard InChI is InChI=1S/C7H13NOS/c1-3-6-4-9-5(2)7(10)8-6/h5-6H,3-4H2,1-2H3,(H,8,10). The van der Waals surface area contributed by atoms with E-state index in [-0.39, 0.29) is 6.10 Å². The number of hydrogen-bond donors (Lipinski definition) is 1. The van der Waals surface area contributed by atoms with E-state index in [4.69, 9.17) is 17.0 Å². The summed E-state index contributed by atoms with van der Waals surface area (Å²) in [7, 11) is 0. The minimum Gasteiger partial charge on any atom is -0.372 e. The van der Waals surface area contributed by atoms with Crippen LogP contribution in [0.3, 0.4) is 0 Å². The number of thiocarbonyl (C=S) groups is 1. The Morgan fingerprint density at radius 1 is 1.80 bits per heavy atom. The number of hydrogen-bond acceptors (Lipinski definition) is 2. The zero-order valence-electron chi connectivity index (χ0n) is 6.39. The van der Waals surface area contributed by atoms with Crippen LogP contribution < -0.4 is 5.32 Å². The molecule has 0 aromatic heterocycles. The van der Waals surface area contributed by atoms with Gasteiger partial charge in [0.25, 0.3) is 0 Å². The van der Waals surface area contributed by atoms with Crippen molar-refractivity contribution < 1.29 is 4.74 Å². The Labute approximate surface area is 66.9 Å². The van der Waals surface area contributed by atoms with Crippen molar-refractivity contribution >= 4 is 17.2 Å². The van der Waals surface area contributed by atoms with Crippen molar-refractivity contribution in [2.75, 3.05) is 6.61 Å². The topological polar surface area (TPSA) is 21.3 Å². The van der Waals surface area contributed by atoms with Crippen LogP contribution in [0.4, 0.5) is 0 Å². The fourth-order valence-corrected chi connectivity index (χ4v) is 1.15. The third-order valence-corrected chi connectivity index (χ3v) is 2.21. The van der Waals surface area contributed by atoms with Gasteiger partial charge in [-0.1, -0.05) is 19.1 Å². The highest BCUT2D eigenvalue weighted by Crippen LogP contribution is 2.05. The summed E-state index contributed by atoms with van der Waals surface area (Å²) < 4.78 is 5.39. The molecule has 1 fully saturated rings. The predicted molar refractivity (Wildman–Crippen MR) is 45.2 cm³/mol. The lowest BCUT2D eigenvalue weighted by Gasteiger charge is -2.28. The summed E-state index contributed by atoms with van der Waals surface area (Å²) in [6, 6.07) is 0.434. The first-order chi connectivity index (χ1) is 4.74. The highest BCUT2D eigenvalue weighted by molar-refractivity contribution is 7.80. The van der Waals surface area contributed by atoms with E-state index < -0.39 is 0 Å². The van der Waals surface area contributed by atoms with Gasteiger partial charge in [0.15, 0.2) is 0 Å². The molecule has 3 heteroatoms. The summed E-state index contributed by atoms with van der Waals surface area (Å²) in [5.41, 5.74) is 0. The Bertz CT molecular complexity index is 138. The molecule has 1 saturated heterocycles. The fourth-order valence-electron chi connectivity index (χ4n) is 0.916. The van der Waals surface area contributed by atoms with Crippen LogP contribution in [0.15, 0.2) is 0 Å². The molecular formula is C7H13NOS. The zero-order valence-corrected chi connectivity index (χ0v) is 7.20. The van der Waals surface area contributed by atoms with E-state index in [0.717, 1.165) is 18.0 Å². The number of ether oxygens (including phenoxy) is 1. The maximum absolute atomic E-state index is 5.39. The van der Waals surface area contributed by atoms with Crippen molar-refractivity contribution in [3.63, 3.8) is 0 Å². The van der Waals surface area contributed by atoms with Crippen LogP contribution >= 0.6 is 12.2 Å². The van der Waals surface area contributed by atoms with E-state index in [0.29, 0.717) is 6.04 Å². The second kappa shape index (κ2) is 3.30. The van der Waals surface area contributed by atoms with E-state index in [1.165, 1.54) is 0 Å². The highest BCUT2D eigenvalue weighted by Gasteiger charge is 2.19. The SMILES string of the molecule is CCC1COC(C)C(=S)N1. The molecule has 0 aliphatic carbocycles. The maximum Gasteiger partial charge on any atom is 0.105 e. The number of morpholine rings is 1. The third kappa shape index (κ3) is 1.67. The zero-order chi connectivity index (χ0) is 7.56. The molecule has 2 nitrogen and oxygen atoms in total. The second-order valence-corrected chi connectivity index (χ2v) is 3.03. The van der Waals surface area contributed by atoms with Crippen LogP contribution in [-0.2, 0) is 4.74 Å². The Hall–Kier alpha value is -0.150. The molecule has 10 heavy (non-hydrogen) atoms. The normalized spacial score (nSPS) is 33.6. The predicted octanol–water partition coefficient (Wildman–Crippen LogP) is 1.10. The van der Waals surface area contributed by atoms with Crippen LogP contribution in [0, 0.1) is 0 Å². The summed E-state index contributed by atoms with van der Waals surface area (Å²) in [6.45, 7) is 4.89. The van der Waals surface area contributed by atoms with Gasteiger partial charge in [-0.15, -0.1) is 0 Å². The second-order valence-electron chi connectivity index (χ2n) is 2.59. The van der Waals surface area contributed by atoms with Crippen LogP contribution in [0.5, 0.6) is 0 Å². The smallest absolute Gasteiger partial charge is 0.105 e. The first kappa shape index (κ1) is 7.95. The van der Waals surface area contributed by atoms with Gasteiger partial charge >= 0.3 is 0 Å². The molecule has 0 amide bonds. The van der Waals surface area contributed by atoms with Crippen LogP contribution in [0.1, 0.15) is 20.3 Å². The van der Waals surface area contributed by atoms with Crippen molar-refractivity contribution in [3.8, 4) is 0 Å². The maximum atomic E-state index is 5.39. The van der Waals surface area contributed by atoms with Gasteiger partial charge in [-0.2, -0.15) is 0 Å². The summed E-state index contributed by atoms with van der Waals surface area (Å²) in [5.74, 6) is 0. The molecule has 0 aromatic carbocycles. The van der Waals surface area contributed by atoms with Crippen molar-refractivity contribution in [2.45, 2.75) is 32.4 Å². The Morgan fingerprint density at radius 2 is 2.50 bits per heavy atom. The fraction of sp³-hybridized carbons (Fsp3) is 0.857. The van der Waals surface area contributed by atoms with Crippen LogP contribution in [-0.4, -0.2) is 23.7 Å². The highest BCUT2D eigenvalue weighted by atomic mass is 32.1. The van der Waals surface area contributed by atoms with E-state index in [1.54, 1.807) is 0 Å². The largest absolute Gasteiger partial charge is 0.372 e. The molecule has 0 spiro atoms. The lowest BCUT2D eigenvalue weighted by atomic mass is 10.2. The number of nitrogens with one attached hydrogen (secondary N) is 1. The van der Waals surface area contributed by atoms with Gasteiger partial charge in [-0.25, -0.2) is 0 Å². The quantitative estimate of drug-likeness (QED) is 0.579. The van der Waals surface area contributed by atoms with E-state index in [9.17, 15) is 0 Å². The average molecular weight is 159 g/mol. The number of rotatable bonds is 1. The third-order valence-electron chi connectivity index (χ3n) is 1.76. The summed E-state index contributed by atoms with van der Waals surface area (Å²) in [4.78, 5) is 0.845. The van der Waals surface area contributed by atoms with Crippen molar-refractivity contribution in [1.29, 1.82) is 0 Å². The Kier molecular flexibility index (Phi) is 2.63. The molecule has 0 radical (unpaired) electrons. The van der Waals surface area contributed by atoms with Crippen molar-refractivity contribution in [3.05, 3.63) is 0 Å². The molecular weight excluding hydrogens is 146 g/mol. The van der Waals surface area contributed by atoms with Crippen LogP contribution in [0.25, 0.3) is 0 Å². The van der Waals surface area contributed by atoms with Gasteiger partial charge in [0.1, 0.15) is 11.1 Å². The lowest BCUT2D eigenvalue weighted by Crippen LogP contribution is -2.48. The average Bonchev–Trinajstić information content (AvgIpc) is 1.95. The van der Waals surface area contributed by atoms with Crippen LogP contribution in [0.2, 0.25) is 0 Å². The molecule has 0 bridgehead atoms.